The number of fused-ring (bicyclic) bond motifs is 1. The molecule has 0 saturated carbocycles. The van der Waals surface area contributed by atoms with Crippen molar-refractivity contribution in [3.05, 3.63) is 52.5 Å². The maximum Gasteiger partial charge on any atom is 0.253 e. The van der Waals surface area contributed by atoms with Gasteiger partial charge in [-0.3, -0.25) is 4.79 Å². The summed E-state index contributed by atoms with van der Waals surface area (Å²) >= 11 is 2.81. The monoisotopic (exact) mass is 410 g/mol. The standard InChI is InChI=1S/C17H15FN2O3S3/c18-11-3-5-12(6-4-11)20-14-9-26(22,23)10-15(14)25-17(20)19-16(21)8-13-2-1-7-24-13/h1-7,14-15H,8-10H2/t14-,15+/m0/s1. The van der Waals surface area contributed by atoms with Gasteiger partial charge in [-0.1, -0.05) is 17.8 Å². The highest BCUT2D eigenvalue weighted by molar-refractivity contribution is 8.16. The van der Waals surface area contributed by atoms with Gasteiger partial charge in [0.25, 0.3) is 5.91 Å². The maximum absolute atomic E-state index is 13.3. The Morgan fingerprint density at radius 2 is 2.00 bits per heavy atom. The normalized spacial score (nSPS) is 25.6. The SMILES string of the molecule is O=C(Cc1cccs1)N=C1S[C@@H]2CS(=O)(=O)C[C@@H]2N1c1ccc(F)cc1. The van der Waals surface area contributed by atoms with Crippen LogP contribution in [0.3, 0.4) is 0 Å². The molecule has 1 amide bonds. The van der Waals surface area contributed by atoms with Gasteiger partial charge in [-0.25, -0.2) is 12.8 Å². The molecular weight excluding hydrogens is 395 g/mol. The molecule has 0 unspecified atom stereocenters. The molecule has 5 nitrogen and oxygen atoms in total. The first-order valence-electron chi connectivity index (χ1n) is 7.97. The molecule has 0 aliphatic carbocycles. The summed E-state index contributed by atoms with van der Waals surface area (Å²) in [7, 11) is -3.12. The second-order valence-electron chi connectivity index (χ2n) is 6.19. The van der Waals surface area contributed by atoms with Crippen LogP contribution in [-0.4, -0.2) is 42.3 Å². The Balaban J connectivity index is 1.65. The zero-order chi connectivity index (χ0) is 18.3. The number of amidine groups is 1. The molecule has 136 valence electrons. The number of thiophene rings is 1. The third kappa shape index (κ3) is 3.56. The number of carbonyl (C=O) groups is 1. The number of hydrogen-bond acceptors (Lipinski definition) is 5. The number of anilines is 1. The molecule has 0 bridgehead atoms. The Bertz CT molecular complexity index is 956. The highest BCUT2D eigenvalue weighted by Gasteiger charge is 2.49. The predicted molar refractivity (Wildman–Crippen MR) is 103 cm³/mol. The predicted octanol–water partition coefficient (Wildman–Crippen LogP) is 2.73. The second kappa shape index (κ2) is 6.79. The van der Waals surface area contributed by atoms with E-state index < -0.39 is 9.84 Å². The molecule has 2 atom stereocenters. The number of aliphatic imine (C=N–C) groups is 1. The smallest absolute Gasteiger partial charge is 0.253 e. The van der Waals surface area contributed by atoms with Gasteiger partial charge >= 0.3 is 0 Å². The third-order valence-corrected chi connectivity index (χ3v) is 8.38. The first-order valence-corrected chi connectivity index (χ1v) is 11.6. The Morgan fingerprint density at radius 1 is 1.23 bits per heavy atom. The van der Waals surface area contributed by atoms with E-state index >= 15 is 0 Å². The Kier molecular flexibility index (Phi) is 4.62. The second-order valence-corrected chi connectivity index (χ2v) is 10.6. The number of sulfone groups is 1. The van der Waals surface area contributed by atoms with Gasteiger partial charge in [0, 0.05) is 15.8 Å². The van der Waals surface area contributed by atoms with Crippen molar-refractivity contribution in [1.82, 2.24) is 0 Å². The first-order chi connectivity index (χ1) is 12.4. The number of hydrogen-bond donors (Lipinski definition) is 0. The van der Waals surface area contributed by atoms with Crippen molar-refractivity contribution in [2.45, 2.75) is 17.7 Å². The molecule has 26 heavy (non-hydrogen) atoms. The van der Waals surface area contributed by atoms with E-state index in [4.69, 9.17) is 0 Å². The summed E-state index contributed by atoms with van der Waals surface area (Å²) in [4.78, 5) is 19.3. The summed E-state index contributed by atoms with van der Waals surface area (Å²) in [6.07, 6.45) is 0.215. The molecule has 2 saturated heterocycles. The van der Waals surface area contributed by atoms with Crippen LogP contribution in [0, 0.1) is 5.82 Å². The largest absolute Gasteiger partial charge is 0.316 e. The van der Waals surface area contributed by atoms with Crippen LogP contribution >= 0.6 is 23.1 Å². The maximum atomic E-state index is 13.3. The molecule has 0 spiro atoms. The van der Waals surface area contributed by atoms with Crippen LogP contribution in [0.2, 0.25) is 0 Å². The quantitative estimate of drug-likeness (QED) is 0.778. The van der Waals surface area contributed by atoms with E-state index in [-0.39, 0.29) is 40.9 Å². The number of benzene rings is 1. The van der Waals surface area contributed by atoms with Crippen molar-refractivity contribution < 1.29 is 17.6 Å². The third-order valence-electron chi connectivity index (χ3n) is 4.30. The van der Waals surface area contributed by atoms with E-state index in [1.54, 1.807) is 17.0 Å². The van der Waals surface area contributed by atoms with Gasteiger partial charge in [0.05, 0.1) is 24.0 Å². The van der Waals surface area contributed by atoms with E-state index in [1.807, 2.05) is 17.5 Å². The molecule has 2 fully saturated rings. The van der Waals surface area contributed by atoms with Crippen LogP contribution in [0.5, 0.6) is 0 Å². The highest BCUT2D eigenvalue weighted by Crippen LogP contribution is 2.41. The minimum absolute atomic E-state index is 0.0141. The Morgan fingerprint density at radius 3 is 2.69 bits per heavy atom. The lowest BCUT2D eigenvalue weighted by molar-refractivity contribution is -0.117. The number of nitrogens with zero attached hydrogens (tertiary/aromatic N) is 2. The Hall–Kier alpha value is -1.71. The molecular formula is C17H15FN2O3S3. The molecule has 3 heterocycles. The van der Waals surface area contributed by atoms with Crippen LogP contribution in [0.4, 0.5) is 10.1 Å². The lowest BCUT2D eigenvalue weighted by Gasteiger charge is -2.24. The van der Waals surface area contributed by atoms with Crippen molar-refractivity contribution in [3.63, 3.8) is 0 Å². The van der Waals surface area contributed by atoms with Crippen molar-refractivity contribution in [2.24, 2.45) is 4.99 Å². The molecule has 2 aliphatic rings. The molecule has 2 aliphatic heterocycles. The molecule has 2 aromatic rings. The summed E-state index contributed by atoms with van der Waals surface area (Å²) in [6, 6.07) is 9.28. The van der Waals surface area contributed by atoms with Gasteiger partial charge < -0.3 is 4.90 Å². The molecule has 4 rings (SSSR count). The van der Waals surface area contributed by atoms with Gasteiger partial charge in [-0.05, 0) is 35.7 Å². The van der Waals surface area contributed by atoms with Crippen LogP contribution in [0.25, 0.3) is 0 Å². The molecule has 0 radical (unpaired) electrons. The highest BCUT2D eigenvalue weighted by atomic mass is 32.2. The summed E-state index contributed by atoms with van der Waals surface area (Å²) in [5.74, 6) is -0.563. The number of amides is 1. The average molecular weight is 411 g/mol. The van der Waals surface area contributed by atoms with E-state index in [0.29, 0.717) is 10.9 Å². The van der Waals surface area contributed by atoms with Crippen LogP contribution < -0.4 is 4.90 Å². The molecule has 0 N–H and O–H groups in total. The number of rotatable bonds is 3. The van der Waals surface area contributed by atoms with Gasteiger partial charge in [0.2, 0.25) is 0 Å². The number of halogens is 1. The van der Waals surface area contributed by atoms with Crippen LogP contribution in [0.1, 0.15) is 4.88 Å². The first kappa shape index (κ1) is 17.7. The lowest BCUT2D eigenvalue weighted by Crippen LogP contribution is -2.37. The molecule has 9 heteroatoms. The summed E-state index contributed by atoms with van der Waals surface area (Å²) in [6.45, 7) is 0. The zero-order valence-electron chi connectivity index (χ0n) is 13.5. The molecule has 1 aromatic heterocycles. The fourth-order valence-corrected chi connectivity index (χ4v) is 7.80. The minimum atomic E-state index is -3.12. The molecule has 1 aromatic carbocycles. The van der Waals surface area contributed by atoms with Gasteiger partial charge in [0.15, 0.2) is 15.0 Å². The van der Waals surface area contributed by atoms with Gasteiger partial charge in [0.1, 0.15) is 5.82 Å². The fraction of sp³-hybridized carbons (Fsp3) is 0.294. The van der Waals surface area contributed by atoms with Crippen LogP contribution in [-0.2, 0) is 21.1 Å². The van der Waals surface area contributed by atoms with E-state index in [9.17, 15) is 17.6 Å². The lowest BCUT2D eigenvalue weighted by atomic mass is 10.2. The van der Waals surface area contributed by atoms with E-state index in [1.165, 1.54) is 35.2 Å². The number of thioether (sulfide) groups is 1. The average Bonchev–Trinajstić information content (AvgIpc) is 3.23. The Labute approximate surface area is 158 Å². The van der Waals surface area contributed by atoms with Crippen molar-refractivity contribution >= 4 is 49.7 Å². The summed E-state index contributed by atoms with van der Waals surface area (Å²) in [5, 5.41) is 2.22. The topological polar surface area (TPSA) is 66.8 Å². The van der Waals surface area contributed by atoms with Crippen molar-refractivity contribution in [1.29, 1.82) is 0 Å². The number of carbonyl (C=O) groups excluding carboxylic acids is 1. The van der Waals surface area contributed by atoms with E-state index in [0.717, 1.165) is 4.88 Å². The van der Waals surface area contributed by atoms with Crippen LogP contribution in [0.15, 0.2) is 46.8 Å². The summed E-state index contributed by atoms with van der Waals surface area (Å²) < 4.78 is 37.3. The van der Waals surface area contributed by atoms with Crippen molar-refractivity contribution in [3.8, 4) is 0 Å². The van der Waals surface area contributed by atoms with Gasteiger partial charge in [-0.2, -0.15) is 4.99 Å². The van der Waals surface area contributed by atoms with E-state index in [2.05, 4.69) is 4.99 Å². The summed E-state index contributed by atoms with van der Waals surface area (Å²) in [5.41, 5.74) is 0.645. The minimum Gasteiger partial charge on any atom is -0.316 e. The van der Waals surface area contributed by atoms with Gasteiger partial charge in [-0.15, -0.1) is 11.3 Å². The zero-order valence-corrected chi connectivity index (χ0v) is 16.0. The van der Waals surface area contributed by atoms with Crippen molar-refractivity contribution in [2.75, 3.05) is 16.4 Å². The fourth-order valence-electron chi connectivity index (χ4n) is 3.18.